The highest BCUT2D eigenvalue weighted by Gasteiger charge is 2.27. The zero-order chi connectivity index (χ0) is 33.7. The summed E-state index contributed by atoms with van der Waals surface area (Å²) >= 11 is 0. The second-order valence-corrected chi connectivity index (χ2v) is 14.2. The number of aryl methyl sites for hydroxylation is 1. The summed E-state index contributed by atoms with van der Waals surface area (Å²) in [4.78, 5) is 0.371. The minimum atomic E-state index is -3.54. The molecule has 0 aliphatic rings. The summed E-state index contributed by atoms with van der Waals surface area (Å²) in [5.74, 6) is 2.29. The van der Waals surface area contributed by atoms with E-state index in [0.29, 0.717) is 40.7 Å². The Kier molecular flexibility index (Phi) is 15.0. The van der Waals surface area contributed by atoms with Crippen LogP contribution in [0.4, 0.5) is 0 Å². The lowest BCUT2D eigenvalue weighted by Gasteiger charge is -2.21. The Bertz CT molecular complexity index is 1500. The average Bonchev–Trinajstić information content (AvgIpc) is 2.99. The molecule has 0 bridgehead atoms. The van der Waals surface area contributed by atoms with Crippen LogP contribution >= 0.6 is 0 Å². The van der Waals surface area contributed by atoms with Crippen molar-refractivity contribution in [2.45, 2.75) is 97.1 Å². The van der Waals surface area contributed by atoms with Gasteiger partial charge in [0.15, 0.2) is 21.3 Å². The van der Waals surface area contributed by atoms with Crippen molar-refractivity contribution < 1.29 is 27.4 Å². The van der Waals surface area contributed by atoms with E-state index in [1.807, 2.05) is 45.9 Å². The van der Waals surface area contributed by atoms with E-state index in [0.717, 1.165) is 53.5 Å². The summed E-state index contributed by atoms with van der Waals surface area (Å²) in [7, 11) is 2.88. The highest BCUT2D eigenvalue weighted by atomic mass is 32.2. The fraction of sp³-hybridized carbons (Fsp3) is 0.474. The molecule has 7 heteroatoms. The van der Waals surface area contributed by atoms with Gasteiger partial charge in [-0.25, -0.2) is 8.42 Å². The topological polar surface area (TPSA) is 71.1 Å². The molecule has 0 heterocycles. The Morgan fingerprint density at radius 3 is 1.78 bits per heavy atom. The molecule has 6 nitrogen and oxygen atoms in total. The van der Waals surface area contributed by atoms with Crippen molar-refractivity contribution in [1.82, 2.24) is 0 Å². The molecular formula is C38H54O6S. The number of hydrogen-bond donors (Lipinski definition) is 0. The molecular weight excluding hydrogens is 584 g/mol. The molecule has 0 aliphatic carbocycles. The van der Waals surface area contributed by atoms with Gasteiger partial charge in [0.2, 0.25) is 11.5 Å². The van der Waals surface area contributed by atoms with Crippen molar-refractivity contribution in [1.29, 1.82) is 0 Å². The van der Waals surface area contributed by atoms with Gasteiger partial charge in [0, 0.05) is 11.1 Å². The number of sulfone groups is 1. The fourth-order valence-corrected chi connectivity index (χ4v) is 7.13. The summed E-state index contributed by atoms with van der Waals surface area (Å²) in [6.45, 7) is 14.3. The number of benzene rings is 2. The number of ether oxygens (including phenoxy) is 4. The average molecular weight is 639 g/mol. The summed E-state index contributed by atoms with van der Waals surface area (Å²) < 4.78 is 50.1. The maximum Gasteiger partial charge on any atom is 0.207 e. The van der Waals surface area contributed by atoms with Crippen molar-refractivity contribution >= 4 is 9.84 Å². The van der Waals surface area contributed by atoms with Crippen LogP contribution in [-0.4, -0.2) is 42.1 Å². The van der Waals surface area contributed by atoms with Gasteiger partial charge in [0.25, 0.3) is 0 Å². The van der Waals surface area contributed by atoms with Crippen LogP contribution in [0.2, 0.25) is 0 Å². The van der Waals surface area contributed by atoms with Crippen LogP contribution in [0.3, 0.4) is 0 Å². The predicted octanol–water partition coefficient (Wildman–Crippen LogP) is 9.48. The van der Waals surface area contributed by atoms with Gasteiger partial charge in [-0.1, -0.05) is 64.3 Å². The molecule has 45 heavy (non-hydrogen) atoms. The normalized spacial score (nSPS) is 13.4. The van der Waals surface area contributed by atoms with E-state index < -0.39 is 15.1 Å². The van der Waals surface area contributed by atoms with E-state index in [1.54, 1.807) is 40.6 Å². The Labute approximate surface area is 272 Å². The van der Waals surface area contributed by atoms with Crippen LogP contribution < -0.4 is 18.9 Å². The van der Waals surface area contributed by atoms with E-state index in [2.05, 4.69) is 39.0 Å². The lowest BCUT2D eigenvalue weighted by Crippen LogP contribution is -2.20. The predicted molar refractivity (Wildman–Crippen MR) is 187 cm³/mol. The molecule has 1 unspecified atom stereocenters. The van der Waals surface area contributed by atoms with Gasteiger partial charge in [0.05, 0.1) is 38.6 Å². The van der Waals surface area contributed by atoms with Gasteiger partial charge in [-0.2, -0.15) is 0 Å². The number of rotatable bonds is 17. The van der Waals surface area contributed by atoms with Crippen LogP contribution in [0.5, 0.6) is 23.0 Å². The van der Waals surface area contributed by atoms with Crippen LogP contribution in [0.25, 0.3) is 0 Å². The smallest absolute Gasteiger partial charge is 0.207 e. The largest absolute Gasteiger partial charge is 0.492 e. The van der Waals surface area contributed by atoms with Crippen molar-refractivity contribution in [2.75, 3.05) is 28.4 Å². The van der Waals surface area contributed by atoms with Crippen LogP contribution in [-0.2, 0) is 16.3 Å². The third-order valence-electron chi connectivity index (χ3n) is 8.02. The van der Waals surface area contributed by atoms with Crippen molar-refractivity contribution in [3.8, 4) is 23.0 Å². The number of allylic oxidation sites excluding steroid dienone is 7. The third-order valence-corrected chi connectivity index (χ3v) is 10.1. The summed E-state index contributed by atoms with van der Waals surface area (Å²) in [5.41, 5.74) is 7.62. The Morgan fingerprint density at radius 2 is 1.22 bits per heavy atom. The molecule has 0 N–H and O–H groups in total. The molecule has 1 atom stereocenters. The second kappa shape index (κ2) is 17.9. The van der Waals surface area contributed by atoms with Gasteiger partial charge < -0.3 is 18.9 Å². The zero-order valence-electron chi connectivity index (χ0n) is 29.3. The Morgan fingerprint density at radius 1 is 0.689 bits per heavy atom. The fourth-order valence-electron chi connectivity index (χ4n) is 5.37. The monoisotopic (exact) mass is 638 g/mol. The molecule has 2 rings (SSSR count). The van der Waals surface area contributed by atoms with Crippen molar-refractivity contribution in [3.05, 3.63) is 87.6 Å². The minimum Gasteiger partial charge on any atom is -0.492 e. The first-order valence-electron chi connectivity index (χ1n) is 15.6. The molecule has 2 aromatic carbocycles. The van der Waals surface area contributed by atoms with E-state index in [9.17, 15) is 8.42 Å². The van der Waals surface area contributed by atoms with E-state index in [-0.39, 0.29) is 0 Å². The van der Waals surface area contributed by atoms with Crippen LogP contribution in [0.15, 0.2) is 75.8 Å². The molecule has 0 amide bonds. The molecule has 0 saturated heterocycles. The van der Waals surface area contributed by atoms with Crippen molar-refractivity contribution in [3.63, 3.8) is 0 Å². The molecule has 0 aromatic heterocycles. The number of methoxy groups -OCH3 is 4. The lowest BCUT2D eigenvalue weighted by atomic mass is 9.99. The summed E-state index contributed by atoms with van der Waals surface area (Å²) in [6.07, 6.45) is 13.1. The van der Waals surface area contributed by atoms with E-state index in [4.69, 9.17) is 18.9 Å². The van der Waals surface area contributed by atoms with Gasteiger partial charge in [0.1, 0.15) is 0 Å². The highest BCUT2D eigenvalue weighted by Crippen LogP contribution is 2.49. The standard InChI is InChI=1S/C38H54O6S/c1-26(2)14-12-16-29(5)24-33(45(39,40)32-21-18-28(4)19-22-32)25-30(6)17-13-15-27(3)20-23-34-31(7)35(41-8)37(43-10)38(44-11)36(34)42-9/h14,17-22,24,33H,12-13,15-16,23,25H2,1-11H3/b27-20+,29-24+,30-17+. The highest BCUT2D eigenvalue weighted by molar-refractivity contribution is 7.92. The van der Waals surface area contributed by atoms with E-state index in [1.165, 1.54) is 11.1 Å². The first kappa shape index (κ1) is 37.7. The molecule has 0 saturated carbocycles. The summed E-state index contributed by atoms with van der Waals surface area (Å²) in [5, 5.41) is -0.615. The molecule has 0 fully saturated rings. The first-order valence-corrected chi connectivity index (χ1v) is 17.1. The molecule has 0 spiro atoms. The second-order valence-electron chi connectivity index (χ2n) is 12.0. The van der Waals surface area contributed by atoms with Crippen LogP contribution in [0, 0.1) is 13.8 Å². The summed E-state index contributed by atoms with van der Waals surface area (Å²) in [6, 6.07) is 7.18. The Hall–Kier alpha value is -3.45. The Balaban J connectivity index is 2.25. The van der Waals surface area contributed by atoms with Gasteiger partial charge in [-0.05, 0) is 99.1 Å². The molecule has 248 valence electrons. The SMILES string of the molecule is COc1c(C)c(C/C=C(\C)CC/C=C(\C)CC(/C=C(\C)CCC=C(C)C)S(=O)(=O)c2ccc(C)cc2)c(OC)c(OC)c1OC. The minimum absolute atomic E-state index is 0.371. The van der Waals surface area contributed by atoms with Crippen molar-refractivity contribution in [2.24, 2.45) is 0 Å². The van der Waals surface area contributed by atoms with E-state index >= 15 is 0 Å². The van der Waals surface area contributed by atoms with Crippen LogP contribution in [0.1, 0.15) is 83.4 Å². The lowest BCUT2D eigenvalue weighted by molar-refractivity contribution is 0.302. The zero-order valence-corrected chi connectivity index (χ0v) is 30.1. The van der Waals surface area contributed by atoms with Gasteiger partial charge in [-0.3, -0.25) is 0 Å². The quantitative estimate of drug-likeness (QED) is 0.161. The molecule has 0 aliphatic heterocycles. The third kappa shape index (κ3) is 10.6. The maximum atomic E-state index is 13.8. The van der Waals surface area contributed by atoms with Gasteiger partial charge in [-0.15, -0.1) is 0 Å². The molecule has 2 aromatic rings. The first-order chi connectivity index (χ1) is 21.3. The maximum absolute atomic E-state index is 13.8. The molecule has 0 radical (unpaired) electrons. The van der Waals surface area contributed by atoms with Gasteiger partial charge >= 0.3 is 0 Å². The number of hydrogen-bond acceptors (Lipinski definition) is 6.